The van der Waals surface area contributed by atoms with E-state index in [-0.39, 0.29) is 6.10 Å². The summed E-state index contributed by atoms with van der Waals surface area (Å²) in [6.07, 6.45) is 4.60. The third-order valence-electron chi connectivity index (χ3n) is 2.54. The molecule has 0 aromatic heterocycles. The van der Waals surface area contributed by atoms with Crippen LogP contribution in [0.15, 0.2) is 0 Å². The summed E-state index contributed by atoms with van der Waals surface area (Å²) in [5, 5.41) is 0. The fraction of sp³-hybridized carbons (Fsp3) is 1.00. The van der Waals surface area contributed by atoms with Crippen LogP contribution in [0.5, 0.6) is 0 Å². The Balaban J connectivity index is 3.91. The van der Waals surface area contributed by atoms with Crippen LogP contribution in [0.2, 0.25) is 0 Å². The molecule has 0 spiro atoms. The SMILES string of the molecule is CC(C)CCCCC(OP(O)(=S)S)C(C)C. The maximum Gasteiger partial charge on any atom is 0.241 e. The van der Waals surface area contributed by atoms with Crippen molar-refractivity contribution in [1.82, 2.24) is 0 Å². The van der Waals surface area contributed by atoms with Gasteiger partial charge in [-0.1, -0.05) is 59.2 Å². The molecule has 0 saturated heterocycles. The van der Waals surface area contributed by atoms with E-state index in [1.54, 1.807) is 0 Å². The lowest BCUT2D eigenvalue weighted by Gasteiger charge is -2.24. The summed E-state index contributed by atoms with van der Waals surface area (Å²) in [5.74, 6) is 1.13. The van der Waals surface area contributed by atoms with Gasteiger partial charge in [-0.2, -0.15) is 0 Å². The fourth-order valence-corrected chi connectivity index (χ4v) is 2.98. The zero-order valence-electron chi connectivity index (χ0n) is 10.7. The van der Waals surface area contributed by atoms with Gasteiger partial charge in [0, 0.05) is 0 Å². The average molecular weight is 284 g/mol. The number of thiol groups is 1. The normalized spacial score (nSPS) is 17.8. The zero-order valence-corrected chi connectivity index (χ0v) is 13.3. The minimum atomic E-state index is -2.82. The molecule has 0 rings (SSSR count). The van der Waals surface area contributed by atoms with Crippen molar-refractivity contribution in [2.24, 2.45) is 11.8 Å². The first kappa shape index (κ1) is 16.9. The van der Waals surface area contributed by atoms with Gasteiger partial charge in [0.15, 0.2) is 0 Å². The molecule has 0 aromatic carbocycles. The standard InChI is InChI=1S/C11H25O2PS2/c1-9(2)7-5-6-8-11(10(3)4)13-14(12,15)16/h9-11H,5-8H2,1-4H3,(H2,12,15,16). The van der Waals surface area contributed by atoms with E-state index in [9.17, 15) is 4.89 Å². The maximum absolute atomic E-state index is 9.45. The fourth-order valence-electron chi connectivity index (χ4n) is 1.58. The number of unbranched alkanes of at least 4 members (excludes halogenated alkanes) is 1. The molecule has 2 atom stereocenters. The van der Waals surface area contributed by atoms with E-state index in [1.165, 1.54) is 12.8 Å². The molecule has 98 valence electrons. The Morgan fingerprint density at radius 3 is 2.06 bits per heavy atom. The van der Waals surface area contributed by atoms with Crippen LogP contribution in [0.1, 0.15) is 53.4 Å². The Labute approximate surface area is 110 Å². The van der Waals surface area contributed by atoms with Crippen molar-refractivity contribution in [3.8, 4) is 0 Å². The highest BCUT2D eigenvalue weighted by molar-refractivity contribution is 8.59. The van der Waals surface area contributed by atoms with Crippen molar-refractivity contribution in [2.75, 3.05) is 0 Å². The van der Waals surface area contributed by atoms with Gasteiger partial charge in [-0.3, -0.25) is 0 Å². The summed E-state index contributed by atoms with van der Waals surface area (Å²) >= 11 is 8.73. The molecule has 0 fully saturated rings. The van der Waals surface area contributed by atoms with Crippen molar-refractivity contribution in [3.63, 3.8) is 0 Å². The van der Waals surface area contributed by atoms with Crippen LogP contribution in [0.3, 0.4) is 0 Å². The molecule has 0 aliphatic carbocycles. The lowest BCUT2D eigenvalue weighted by Crippen LogP contribution is -2.17. The molecule has 0 aliphatic heterocycles. The van der Waals surface area contributed by atoms with E-state index in [0.29, 0.717) is 5.92 Å². The second kappa shape index (κ2) is 8.10. The Bertz CT molecular complexity index is 226. The predicted octanol–water partition coefficient (Wildman–Crippen LogP) is 4.39. The summed E-state index contributed by atoms with van der Waals surface area (Å²) in [4.78, 5) is 9.45. The van der Waals surface area contributed by atoms with E-state index >= 15 is 0 Å². The van der Waals surface area contributed by atoms with E-state index in [1.807, 2.05) is 0 Å². The van der Waals surface area contributed by atoms with Crippen molar-refractivity contribution in [2.45, 2.75) is 59.5 Å². The van der Waals surface area contributed by atoms with Crippen LogP contribution < -0.4 is 0 Å². The van der Waals surface area contributed by atoms with Gasteiger partial charge in [0.1, 0.15) is 0 Å². The first-order valence-electron chi connectivity index (χ1n) is 5.96. The second-order valence-electron chi connectivity index (χ2n) is 5.06. The van der Waals surface area contributed by atoms with E-state index in [2.05, 4.69) is 39.9 Å². The Morgan fingerprint density at radius 1 is 1.19 bits per heavy atom. The molecule has 0 aliphatic rings. The summed E-state index contributed by atoms with van der Waals surface area (Å²) in [7, 11) is 0. The summed E-state index contributed by atoms with van der Waals surface area (Å²) in [5.41, 5.74) is -2.82. The molecular weight excluding hydrogens is 259 g/mol. The lowest BCUT2D eigenvalue weighted by molar-refractivity contribution is 0.144. The summed E-state index contributed by atoms with van der Waals surface area (Å²) in [6.45, 7) is 8.65. The molecule has 0 heterocycles. The maximum atomic E-state index is 9.45. The number of hydrogen-bond acceptors (Lipinski definition) is 2. The molecule has 0 saturated carbocycles. The molecule has 0 bridgehead atoms. The van der Waals surface area contributed by atoms with Gasteiger partial charge >= 0.3 is 0 Å². The van der Waals surface area contributed by atoms with Gasteiger partial charge < -0.3 is 9.42 Å². The quantitative estimate of drug-likeness (QED) is 0.393. The van der Waals surface area contributed by atoms with Gasteiger partial charge in [-0.05, 0) is 30.1 Å². The van der Waals surface area contributed by atoms with Crippen molar-refractivity contribution >= 4 is 29.7 Å². The molecular formula is C11H25O2PS2. The van der Waals surface area contributed by atoms with Gasteiger partial charge in [0.2, 0.25) is 5.69 Å². The Morgan fingerprint density at radius 2 is 1.69 bits per heavy atom. The van der Waals surface area contributed by atoms with Crippen LogP contribution >= 0.6 is 17.9 Å². The monoisotopic (exact) mass is 284 g/mol. The summed E-state index contributed by atoms with van der Waals surface area (Å²) < 4.78 is 5.45. The van der Waals surface area contributed by atoms with Crippen molar-refractivity contribution in [3.05, 3.63) is 0 Å². The molecule has 0 amide bonds. The molecule has 1 N–H and O–H groups in total. The third-order valence-corrected chi connectivity index (χ3v) is 3.62. The Hall–Kier alpha value is 0.920. The van der Waals surface area contributed by atoms with Gasteiger partial charge in [0.05, 0.1) is 6.10 Å². The minimum absolute atomic E-state index is 0.0421. The van der Waals surface area contributed by atoms with Crippen LogP contribution in [-0.4, -0.2) is 11.0 Å². The molecule has 0 aromatic rings. The summed E-state index contributed by atoms with van der Waals surface area (Å²) in [6, 6.07) is 0. The lowest BCUT2D eigenvalue weighted by atomic mass is 9.99. The highest BCUT2D eigenvalue weighted by Gasteiger charge is 2.19. The zero-order chi connectivity index (χ0) is 12.8. The number of hydrogen-bond donors (Lipinski definition) is 2. The van der Waals surface area contributed by atoms with Crippen LogP contribution in [0.25, 0.3) is 0 Å². The first-order valence-corrected chi connectivity index (χ1v) is 9.79. The molecule has 2 unspecified atom stereocenters. The number of rotatable bonds is 8. The van der Waals surface area contributed by atoms with Gasteiger partial charge in [-0.25, -0.2) is 0 Å². The van der Waals surface area contributed by atoms with Crippen LogP contribution in [0.4, 0.5) is 0 Å². The predicted molar refractivity (Wildman–Crippen MR) is 78.5 cm³/mol. The van der Waals surface area contributed by atoms with Crippen molar-refractivity contribution in [1.29, 1.82) is 0 Å². The van der Waals surface area contributed by atoms with Crippen LogP contribution in [-0.2, 0) is 16.3 Å². The third kappa shape index (κ3) is 10.1. The minimum Gasteiger partial charge on any atom is -0.338 e. The highest BCUT2D eigenvalue weighted by Crippen LogP contribution is 2.49. The second-order valence-corrected chi connectivity index (χ2v) is 10.2. The van der Waals surface area contributed by atoms with E-state index in [0.717, 1.165) is 18.8 Å². The molecule has 16 heavy (non-hydrogen) atoms. The van der Waals surface area contributed by atoms with Gasteiger partial charge in [-0.15, -0.1) is 0 Å². The Kier molecular flexibility index (Phi) is 8.56. The van der Waals surface area contributed by atoms with E-state index < -0.39 is 5.69 Å². The first-order chi connectivity index (χ1) is 7.22. The molecule has 0 radical (unpaired) electrons. The van der Waals surface area contributed by atoms with Crippen molar-refractivity contribution < 1.29 is 9.42 Å². The highest BCUT2D eigenvalue weighted by atomic mass is 32.9. The van der Waals surface area contributed by atoms with E-state index in [4.69, 9.17) is 16.3 Å². The van der Waals surface area contributed by atoms with Crippen LogP contribution in [0, 0.1) is 11.8 Å². The molecule has 5 heteroatoms. The topological polar surface area (TPSA) is 29.5 Å². The molecule has 2 nitrogen and oxygen atoms in total. The van der Waals surface area contributed by atoms with Gasteiger partial charge in [0.25, 0.3) is 0 Å². The largest absolute Gasteiger partial charge is 0.338 e. The average Bonchev–Trinajstić information content (AvgIpc) is 2.07. The smallest absolute Gasteiger partial charge is 0.241 e.